The molecular weight excluding hydrogens is 180 g/mol. The van der Waals surface area contributed by atoms with Crippen LogP contribution in [0.15, 0.2) is 0 Å². The number of nitrogens with zero attached hydrogens (tertiary/aromatic N) is 1. The van der Waals surface area contributed by atoms with Crippen molar-refractivity contribution in [1.82, 2.24) is 10.2 Å². The van der Waals surface area contributed by atoms with Crippen LogP contribution in [0, 0.1) is 5.92 Å². The van der Waals surface area contributed by atoms with Gasteiger partial charge in [0.15, 0.2) is 5.78 Å². The summed E-state index contributed by atoms with van der Waals surface area (Å²) in [5.74, 6) is 0.469. The van der Waals surface area contributed by atoms with E-state index in [9.17, 15) is 4.79 Å². The molecule has 1 aliphatic rings. The molecule has 0 spiro atoms. The summed E-state index contributed by atoms with van der Waals surface area (Å²) >= 11 is 0. The lowest BCUT2D eigenvalue weighted by Crippen LogP contribution is -2.52. The first-order valence-electron chi connectivity index (χ1n) is 5.13. The molecule has 2 unspecified atom stereocenters. The van der Waals surface area contributed by atoms with E-state index in [-0.39, 0.29) is 24.3 Å². The largest absolute Gasteiger partial charge is 0.373 e. The van der Waals surface area contributed by atoms with Crippen molar-refractivity contribution in [3.8, 4) is 0 Å². The zero-order valence-corrected chi connectivity index (χ0v) is 9.25. The van der Waals surface area contributed by atoms with E-state index in [1.165, 1.54) is 0 Å². The Morgan fingerprint density at radius 3 is 2.86 bits per heavy atom. The fraction of sp³-hybridized carbons (Fsp3) is 0.900. The van der Waals surface area contributed by atoms with Crippen molar-refractivity contribution < 1.29 is 9.53 Å². The lowest BCUT2D eigenvalue weighted by atomic mass is 9.94. The van der Waals surface area contributed by atoms with Gasteiger partial charge in [0.25, 0.3) is 0 Å². The summed E-state index contributed by atoms with van der Waals surface area (Å²) < 4.78 is 5.26. The van der Waals surface area contributed by atoms with Crippen LogP contribution in [0.25, 0.3) is 0 Å². The molecule has 4 nitrogen and oxygen atoms in total. The van der Waals surface area contributed by atoms with E-state index in [0.29, 0.717) is 6.61 Å². The number of carbonyl (C=O) groups is 1. The van der Waals surface area contributed by atoms with Crippen molar-refractivity contribution in [3.63, 3.8) is 0 Å². The van der Waals surface area contributed by atoms with Gasteiger partial charge >= 0.3 is 0 Å². The Labute approximate surface area is 85.6 Å². The van der Waals surface area contributed by atoms with Crippen molar-refractivity contribution in [2.45, 2.75) is 13.0 Å². The molecule has 0 aromatic heterocycles. The van der Waals surface area contributed by atoms with Gasteiger partial charge in [-0.3, -0.25) is 4.79 Å². The summed E-state index contributed by atoms with van der Waals surface area (Å²) in [4.78, 5) is 13.7. The molecule has 1 saturated heterocycles. The normalized spacial score (nSPS) is 28.4. The Kier molecular flexibility index (Phi) is 4.51. The third kappa shape index (κ3) is 3.04. The standard InChI is InChI=1S/C10H20N2O2/c1-4-11-10-8(5-12(2)3)6-14-7-9(10)13/h8,10-11H,4-7H2,1-3H3. The summed E-state index contributed by atoms with van der Waals surface area (Å²) in [6.45, 7) is 4.70. The van der Waals surface area contributed by atoms with Crippen molar-refractivity contribution in [3.05, 3.63) is 0 Å². The van der Waals surface area contributed by atoms with Crippen molar-refractivity contribution in [1.29, 1.82) is 0 Å². The number of ketones is 1. The molecule has 0 bridgehead atoms. The average molecular weight is 200 g/mol. The molecule has 1 aliphatic heterocycles. The second-order valence-corrected chi connectivity index (χ2v) is 4.04. The molecule has 0 aliphatic carbocycles. The molecular formula is C10H20N2O2. The van der Waals surface area contributed by atoms with E-state index in [4.69, 9.17) is 4.74 Å². The topological polar surface area (TPSA) is 41.6 Å². The minimum absolute atomic E-state index is 0.0175. The van der Waals surface area contributed by atoms with Gasteiger partial charge in [0.2, 0.25) is 0 Å². The fourth-order valence-corrected chi connectivity index (χ4v) is 1.89. The molecule has 1 fully saturated rings. The number of Topliss-reactive ketones (excluding diaryl/α,β-unsaturated/α-hetero) is 1. The molecule has 1 N–H and O–H groups in total. The van der Waals surface area contributed by atoms with Crippen molar-refractivity contribution in [2.24, 2.45) is 5.92 Å². The third-order valence-electron chi connectivity index (χ3n) is 2.42. The van der Waals surface area contributed by atoms with Crippen LogP contribution < -0.4 is 5.32 Å². The van der Waals surface area contributed by atoms with Crippen LogP contribution in [-0.2, 0) is 9.53 Å². The molecule has 2 atom stereocenters. The Balaban J connectivity index is 2.55. The van der Waals surface area contributed by atoms with E-state index in [1.807, 2.05) is 21.0 Å². The van der Waals surface area contributed by atoms with Gasteiger partial charge in [-0.1, -0.05) is 6.92 Å². The van der Waals surface area contributed by atoms with Gasteiger partial charge in [-0.25, -0.2) is 0 Å². The number of rotatable bonds is 4. The minimum atomic E-state index is -0.0175. The molecule has 14 heavy (non-hydrogen) atoms. The number of nitrogens with one attached hydrogen (secondary N) is 1. The molecule has 1 rings (SSSR count). The van der Waals surface area contributed by atoms with E-state index < -0.39 is 0 Å². The Bertz CT molecular complexity index is 195. The zero-order chi connectivity index (χ0) is 10.6. The van der Waals surface area contributed by atoms with Gasteiger partial charge in [0.05, 0.1) is 12.6 Å². The van der Waals surface area contributed by atoms with Crippen LogP contribution in [-0.4, -0.2) is 57.1 Å². The number of hydrogen-bond donors (Lipinski definition) is 1. The second kappa shape index (κ2) is 5.44. The van der Waals surface area contributed by atoms with Gasteiger partial charge in [0, 0.05) is 12.5 Å². The Morgan fingerprint density at radius 2 is 2.29 bits per heavy atom. The fourth-order valence-electron chi connectivity index (χ4n) is 1.89. The first kappa shape index (κ1) is 11.6. The van der Waals surface area contributed by atoms with Crippen LogP contribution in [0.2, 0.25) is 0 Å². The number of hydrogen-bond acceptors (Lipinski definition) is 4. The summed E-state index contributed by atoms with van der Waals surface area (Å²) in [6.07, 6.45) is 0. The summed E-state index contributed by atoms with van der Waals surface area (Å²) in [5.41, 5.74) is 0. The monoisotopic (exact) mass is 200 g/mol. The molecule has 4 heteroatoms. The molecule has 82 valence electrons. The van der Waals surface area contributed by atoms with Gasteiger partial charge in [-0.15, -0.1) is 0 Å². The highest BCUT2D eigenvalue weighted by Gasteiger charge is 2.31. The Morgan fingerprint density at radius 1 is 1.57 bits per heavy atom. The Hall–Kier alpha value is -0.450. The van der Waals surface area contributed by atoms with E-state index in [2.05, 4.69) is 10.2 Å². The van der Waals surface area contributed by atoms with Gasteiger partial charge < -0.3 is 15.0 Å². The maximum atomic E-state index is 11.6. The third-order valence-corrected chi connectivity index (χ3v) is 2.42. The first-order chi connectivity index (χ1) is 6.65. The highest BCUT2D eigenvalue weighted by atomic mass is 16.5. The summed E-state index contributed by atoms with van der Waals surface area (Å²) in [5, 5.41) is 3.23. The van der Waals surface area contributed by atoms with Crippen LogP contribution in [0.4, 0.5) is 0 Å². The van der Waals surface area contributed by atoms with Crippen LogP contribution in [0.3, 0.4) is 0 Å². The first-order valence-corrected chi connectivity index (χ1v) is 5.13. The quantitative estimate of drug-likeness (QED) is 0.679. The average Bonchev–Trinajstić information content (AvgIpc) is 2.10. The van der Waals surface area contributed by atoms with Gasteiger partial charge in [-0.05, 0) is 20.6 Å². The molecule has 0 amide bonds. The van der Waals surface area contributed by atoms with Gasteiger partial charge in [-0.2, -0.15) is 0 Å². The SMILES string of the molecule is CCNC1C(=O)COCC1CN(C)C. The van der Waals surface area contributed by atoms with Crippen molar-refractivity contribution >= 4 is 5.78 Å². The van der Waals surface area contributed by atoms with Crippen LogP contribution in [0.5, 0.6) is 0 Å². The van der Waals surface area contributed by atoms with Crippen LogP contribution >= 0.6 is 0 Å². The number of ether oxygens (including phenoxy) is 1. The maximum absolute atomic E-state index is 11.6. The second-order valence-electron chi connectivity index (χ2n) is 4.04. The predicted octanol–water partition coefficient (Wildman–Crippen LogP) is -0.258. The highest BCUT2D eigenvalue weighted by molar-refractivity contribution is 5.86. The molecule has 0 saturated carbocycles. The smallest absolute Gasteiger partial charge is 0.175 e. The molecule has 0 aromatic rings. The van der Waals surface area contributed by atoms with E-state index >= 15 is 0 Å². The number of carbonyl (C=O) groups excluding carboxylic acids is 1. The zero-order valence-electron chi connectivity index (χ0n) is 9.25. The lowest BCUT2D eigenvalue weighted by molar-refractivity contribution is -0.133. The van der Waals surface area contributed by atoms with Gasteiger partial charge in [0.1, 0.15) is 6.61 Å². The lowest BCUT2D eigenvalue weighted by Gasteiger charge is -2.32. The number of likely N-dealkylation sites (N-methyl/N-ethyl adjacent to an activating group) is 1. The molecule has 0 aromatic carbocycles. The summed E-state index contributed by atoms with van der Waals surface area (Å²) in [6, 6.07) is -0.0175. The summed E-state index contributed by atoms with van der Waals surface area (Å²) in [7, 11) is 4.03. The molecule has 1 heterocycles. The van der Waals surface area contributed by atoms with Crippen molar-refractivity contribution in [2.75, 3.05) is 40.4 Å². The minimum Gasteiger partial charge on any atom is -0.373 e. The van der Waals surface area contributed by atoms with E-state index in [0.717, 1.165) is 13.1 Å². The van der Waals surface area contributed by atoms with Crippen LogP contribution in [0.1, 0.15) is 6.92 Å². The van der Waals surface area contributed by atoms with E-state index in [1.54, 1.807) is 0 Å². The highest BCUT2D eigenvalue weighted by Crippen LogP contribution is 2.12. The molecule has 0 radical (unpaired) electrons. The maximum Gasteiger partial charge on any atom is 0.175 e. The predicted molar refractivity (Wildman–Crippen MR) is 55.3 cm³/mol.